The summed E-state index contributed by atoms with van der Waals surface area (Å²) < 4.78 is 11.1. The van der Waals surface area contributed by atoms with E-state index >= 15 is 0 Å². The molecule has 0 fully saturated rings. The SMILES string of the molecule is CCNC(=NCc1cc(Cl)c2c(c1)OCCO2)NCc1ccsc1. The molecule has 1 aliphatic heterocycles. The van der Waals surface area contributed by atoms with E-state index in [9.17, 15) is 0 Å². The summed E-state index contributed by atoms with van der Waals surface area (Å²) >= 11 is 7.96. The third-order valence-electron chi connectivity index (χ3n) is 3.46. The summed E-state index contributed by atoms with van der Waals surface area (Å²) in [4.78, 5) is 4.62. The lowest BCUT2D eigenvalue weighted by atomic mass is 10.2. The van der Waals surface area contributed by atoms with Crippen LogP contribution in [0.5, 0.6) is 11.5 Å². The van der Waals surface area contributed by atoms with Gasteiger partial charge in [-0.3, -0.25) is 0 Å². The largest absolute Gasteiger partial charge is 0.486 e. The van der Waals surface area contributed by atoms with Crippen molar-refractivity contribution in [3.63, 3.8) is 0 Å². The maximum atomic E-state index is 6.27. The van der Waals surface area contributed by atoms with E-state index in [0.29, 0.717) is 36.3 Å². The van der Waals surface area contributed by atoms with Crippen LogP contribution in [0.15, 0.2) is 34.0 Å². The first-order chi connectivity index (χ1) is 11.8. The first-order valence-corrected chi connectivity index (χ1v) is 9.19. The number of hydrogen-bond donors (Lipinski definition) is 2. The zero-order chi connectivity index (χ0) is 16.8. The molecule has 0 saturated carbocycles. The molecule has 5 nitrogen and oxygen atoms in total. The molecule has 2 aromatic rings. The number of guanidine groups is 1. The third-order valence-corrected chi connectivity index (χ3v) is 4.47. The lowest BCUT2D eigenvalue weighted by molar-refractivity contribution is 0.171. The Balaban J connectivity index is 1.68. The molecule has 0 amide bonds. The summed E-state index contributed by atoms with van der Waals surface area (Å²) in [6, 6.07) is 5.91. The van der Waals surface area contributed by atoms with E-state index in [1.165, 1.54) is 5.56 Å². The molecule has 0 saturated heterocycles. The number of benzene rings is 1. The van der Waals surface area contributed by atoms with E-state index in [1.807, 2.05) is 19.1 Å². The van der Waals surface area contributed by atoms with Gasteiger partial charge < -0.3 is 20.1 Å². The van der Waals surface area contributed by atoms with E-state index < -0.39 is 0 Å². The summed E-state index contributed by atoms with van der Waals surface area (Å²) in [6.45, 7) is 5.18. The van der Waals surface area contributed by atoms with Crippen molar-refractivity contribution >= 4 is 28.9 Å². The number of nitrogens with zero attached hydrogens (tertiary/aromatic N) is 1. The third kappa shape index (κ3) is 4.33. The van der Waals surface area contributed by atoms with Crippen molar-refractivity contribution in [3.05, 3.63) is 45.1 Å². The van der Waals surface area contributed by atoms with Crippen molar-refractivity contribution in [2.75, 3.05) is 19.8 Å². The van der Waals surface area contributed by atoms with Gasteiger partial charge in [-0.1, -0.05) is 11.6 Å². The van der Waals surface area contributed by atoms with E-state index in [2.05, 4.69) is 32.5 Å². The van der Waals surface area contributed by atoms with Gasteiger partial charge in [0.2, 0.25) is 0 Å². The van der Waals surface area contributed by atoms with Gasteiger partial charge in [-0.2, -0.15) is 11.3 Å². The predicted molar refractivity (Wildman–Crippen MR) is 98.4 cm³/mol. The second kappa shape index (κ2) is 8.26. The van der Waals surface area contributed by atoms with Crippen molar-refractivity contribution in [1.29, 1.82) is 0 Å². The molecule has 0 bridgehead atoms. The van der Waals surface area contributed by atoms with Crippen LogP contribution in [0.2, 0.25) is 5.02 Å². The minimum atomic E-state index is 0.509. The Morgan fingerprint density at radius 2 is 2.12 bits per heavy atom. The molecule has 0 unspecified atom stereocenters. The zero-order valence-electron chi connectivity index (χ0n) is 13.5. The topological polar surface area (TPSA) is 54.9 Å². The molecule has 3 rings (SSSR count). The van der Waals surface area contributed by atoms with Gasteiger partial charge in [-0.25, -0.2) is 4.99 Å². The number of hydrogen-bond acceptors (Lipinski definition) is 4. The van der Waals surface area contributed by atoms with Gasteiger partial charge in [-0.15, -0.1) is 0 Å². The number of ether oxygens (including phenoxy) is 2. The average molecular weight is 366 g/mol. The summed E-state index contributed by atoms with van der Waals surface area (Å²) in [5, 5.41) is 11.3. The molecular formula is C17H20ClN3O2S. The standard InChI is InChI=1S/C17H20ClN3O2S/c1-2-19-17(20-9-12-3-6-24-11-12)21-10-13-7-14(18)16-15(8-13)22-4-5-23-16/h3,6-8,11H,2,4-5,9-10H2,1H3,(H2,19,20,21). The number of aliphatic imine (C=N–C) groups is 1. The van der Waals surface area contributed by atoms with E-state index in [0.717, 1.165) is 24.6 Å². The maximum Gasteiger partial charge on any atom is 0.191 e. The Hall–Kier alpha value is -1.92. The Morgan fingerprint density at radius 3 is 2.92 bits per heavy atom. The lowest BCUT2D eigenvalue weighted by Gasteiger charge is -2.20. The van der Waals surface area contributed by atoms with Crippen molar-refractivity contribution in [2.45, 2.75) is 20.0 Å². The minimum Gasteiger partial charge on any atom is -0.486 e. The molecule has 7 heteroatoms. The number of nitrogens with one attached hydrogen (secondary N) is 2. The van der Waals surface area contributed by atoms with Gasteiger partial charge in [0, 0.05) is 13.1 Å². The molecule has 1 aromatic heterocycles. The fraction of sp³-hybridized carbons (Fsp3) is 0.353. The first-order valence-electron chi connectivity index (χ1n) is 7.87. The van der Waals surface area contributed by atoms with Crippen molar-refractivity contribution in [1.82, 2.24) is 10.6 Å². The highest BCUT2D eigenvalue weighted by atomic mass is 35.5. The van der Waals surface area contributed by atoms with E-state index in [1.54, 1.807) is 11.3 Å². The Morgan fingerprint density at radius 1 is 1.25 bits per heavy atom. The van der Waals surface area contributed by atoms with E-state index in [-0.39, 0.29) is 0 Å². The highest BCUT2D eigenvalue weighted by molar-refractivity contribution is 7.07. The van der Waals surface area contributed by atoms with Crippen LogP contribution in [0.1, 0.15) is 18.1 Å². The van der Waals surface area contributed by atoms with Crippen LogP contribution in [0.3, 0.4) is 0 Å². The lowest BCUT2D eigenvalue weighted by Crippen LogP contribution is -2.36. The number of rotatable bonds is 5. The average Bonchev–Trinajstić information content (AvgIpc) is 3.11. The first kappa shape index (κ1) is 16.9. The van der Waals surface area contributed by atoms with Crippen LogP contribution >= 0.6 is 22.9 Å². The molecular weight excluding hydrogens is 346 g/mol. The maximum absolute atomic E-state index is 6.27. The summed E-state index contributed by atoms with van der Waals surface area (Å²) in [6.07, 6.45) is 0. The van der Waals surface area contributed by atoms with E-state index in [4.69, 9.17) is 21.1 Å². The second-order valence-corrected chi connectivity index (χ2v) is 6.47. The van der Waals surface area contributed by atoms with Gasteiger partial charge in [-0.05, 0) is 47.0 Å². The molecule has 1 aliphatic rings. The van der Waals surface area contributed by atoms with Gasteiger partial charge in [0.1, 0.15) is 13.2 Å². The van der Waals surface area contributed by atoms with Crippen LogP contribution in [-0.4, -0.2) is 25.7 Å². The summed E-state index contributed by atoms with van der Waals surface area (Å²) in [5.74, 6) is 2.09. The molecule has 2 heterocycles. The Labute approximate surface area is 150 Å². The molecule has 0 spiro atoms. The molecule has 128 valence electrons. The van der Waals surface area contributed by atoms with Crippen molar-refractivity contribution in [3.8, 4) is 11.5 Å². The van der Waals surface area contributed by atoms with Crippen LogP contribution in [-0.2, 0) is 13.1 Å². The minimum absolute atomic E-state index is 0.509. The predicted octanol–water partition coefficient (Wildman–Crippen LogP) is 3.43. The van der Waals surface area contributed by atoms with Crippen LogP contribution in [0.4, 0.5) is 0 Å². The fourth-order valence-corrected chi connectivity index (χ4v) is 3.30. The van der Waals surface area contributed by atoms with Gasteiger partial charge in [0.15, 0.2) is 17.5 Å². The monoisotopic (exact) mass is 365 g/mol. The zero-order valence-corrected chi connectivity index (χ0v) is 15.0. The highest BCUT2D eigenvalue weighted by Crippen LogP contribution is 2.38. The normalized spacial score (nSPS) is 13.7. The van der Waals surface area contributed by atoms with Gasteiger partial charge >= 0.3 is 0 Å². The van der Waals surface area contributed by atoms with Crippen LogP contribution in [0.25, 0.3) is 0 Å². The van der Waals surface area contributed by atoms with Gasteiger partial charge in [0.05, 0.1) is 11.6 Å². The Kier molecular flexibility index (Phi) is 5.82. The summed E-state index contributed by atoms with van der Waals surface area (Å²) in [7, 11) is 0. The number of fused-ring (bicyclic) bond motifs is 1. The van der Waals surface area contributed by atoms with Crippen LogP contribution in [0, 0.1) is 0 Å². The van der Waals surface area contributed by atoms with Crippen LogP contribution < -0.4 is 20.1 Å². The highest BCUT2D eigenvalue weighted by Gasteiger charge is 2.16. The second-order valence-electron chi connectivity index (χ2n) is 5.28. The van der Waals surface area contributed by atoms with Crippen molar-refractivity contribution in [2.24, 2.45) is 4.99 Å². The molecule has 2 N–H and O–H groups in total. The fourth-order valence-electron chi connectivity index (χ4n) is 2.35. The Bertz CT molecular complexity index is 704. The molecule has 1 aromatic carbocycles. The molecule has 24 heavy (non-hydrogen) atoms. The smallest absolute Gasteiger partial charge is 0.191 e. The summed E-state index contributed by atoms with van der Waals surface area (Å²) in [5.41, 5.74) is 2.23. The molecule has 0 radical (unpaired) electrons. The van der Waals surface area contributed by atoms with Gasteiger partial charge in [0.25, 0.3) is 0 Å². The number of halogens is 1. The molecule has 0 aliphatic carbocycles. The van der Waals surface area contributed by atoms with Crippen molar-refractivity contribution < 1.29 is 9.47 Å². The quantitative estimate of drug-likeness (QED) is 0.629. The number of thiophene rings is 1. The molecule has 0 atom stereocenters.